The van der Waals surface area contributed by atoms with Crippen molar-refractivity contribution in [2.24, 2.45) is 10.1 Å². The highest BCUT2D eigenvalue weighted by atomic mass is 35.5. The first kappa shape index (κ1) is 19.7. The molecule has 2 aromatic carbocycles. The van der Waals surface area contributed by atoms with Crippen LogP contribution in [-0.4, -0.2) is 32.6 Å². The Hall–Kier alpha value is -2.04. The van der Waals surface area contributed by atoms with Crippen molar-refractivity contribution < 1.29 is 17.9 Å². The quantitative estimate of drug-likeness (QED) is 0.677. The molecule has 0 aliphatic heterocycles. The number of carbonyl (C=O) groups excluding carboxylic acids is 1. The highest BCUT2D eigenvalue weighted by Gasteiger charge is 2.13. The van der Waals surface area contributed by atoms with Crippen molar-refractivity contribution in [3.05, 3.63) is 57.9 Å². The van der Waals surface area contributed by atoms with E-state index in [1.54, 1.807) is 42.0 Å². The van der Waals surface area contributed by atoms with Gasteiger partial charge in [0.2, 0.25) is 10.0 Å². The summed E-state index contributed by atoms with van der Waals surface area (Å²) >= 11 is 7.13. The minimum atomic E-state index is -3.83. The second-order valence-corrected chi connectivity index (χ2v) is 8.64. The summed E-state index contributed by atoms with van der Waals surface area (Å²) in [4.78, 5) is 17.1. The number of thiazole rings is 1. The van der Waals surface area contributed by atoms with Gasteiger partial charge in [-0.3, -0.25) is 4.79 Å². The first-order valence-corrected chi connectivity index (χ1v) is 10.5. The molecule has 0 radical (unpaired) electrons. The monoisotopic (exact) mass is 425 g/mol. The van der Waals surface area contributed by atoms with Gasteiger partial charge in [-0.25, -0.2) is 13.6 Å². The lowest BCUT2D eigenvalue weighted by Crippen LogP contribution is -2.19. The number of rotatable bonds is 5. The van der Waals surface area contributed by atoms with Gasteiger partial charge in [-0.2, -0.15) is 4.99 Å². The van der Waals surface area contributed by atoms with E-state index in [9.17, 15) is 13.2 Å². The van der Waals surface area contributed by atoms with E-state index in [2.05, 4.69) is 4.99 Å². The van der Waals surface area contributed by atoms with Crippen molar-refractivity contribution in [1.82, 2.24) is 4.57 Å². The van der Waals surface area contributed by atoms with Crippen molar-refractivity contribution in [1.29, 1.82) is 0 Å². The van der Waals surface area contributed by atoms with Gasteiger partial charge in [-0.1, -0.05) is 29.0 Å². The van der Waals surface area contributed by atoms with Crippen LogP contribution in [0.15, 0.2) is 52.4 Å². The summed E-state index contributed by atoms with van der Waals surface area (Å²) in [5.74, 6) is -0.443. The fraction of sp³-hybridized carbons (Fsp3) is 0.176. The van der Waals surface area contributed by atoms with Gasteiger partial charge in [0.15, 0.2) is 4.80 Å². The Morgan fingerprint density at radius 3 is 2.74 bits per heavy atom. The minimum Gasteiger partial charge on any atom is -0.383 e. The molecular formula is C17H16ClN3O4S2. The third-order valence-corrected chi connectivity index (χ3v) is 5.96. The van der Waals surface area contributed by atoms with Crippen molar-refractivity contribution in [2.45, 2.75) is 11.4 Å². The molecule has 142 valence electrons. The van der Waals surface area contributed by atoms with Crippen LogP contribution in [0.2, 0.25) is 5.02 Å². The first-order valence-electron chi connectivity index (χ1n) is 7.79. The van der Waals surface area contributed by atoms with Gasteiger partial charge < -0.3 is 9.30 Å². The maximum Gasteiger partial charge on any atom is 0.279 e. The summed E-state index contributed by atoms with van der Waals surface area (Å²) in [6.07, 6.45) is 0. The molecule has 7 nitrogen and oxygen atoms in total. The smallest absolute Gasteiger partial charge is 0.279 e. The van der Waals surface area contributed by atoms with E-state index in [4.69, 9.17) is 21.5 Å². The number of fused-ring (bicyclic) bond motifs is 1. The van der Waals surface area contributed by atoms with E-state index in [0.717, 1.165) is 5.52 Å². The lowest BCUT2D eigenvalue weighted by atomic mass is 10.2. The summed E-state index contributed by atoms with van der Waals surface area (Å²) in [5, 5.41) is 5.65. The summed E-state index contributed by atoms with van der Waals surface area (Å²) in [5.41, 5.74) is 1.10. The molecule has 27 heavy (non-hydrogen) atoms. The Balaban J connectivity index is 2.16. The standard InChI is InChI=1S/C17H16ClN3O4S2/c1-25-8-7-21-14-6-5-13(27(19,23)24)10-15(14)26-17(21)20-16(22)11-3-2-4-12(18)9-11/h2-6,9-10H,7-8H2,1H3,(H2,19,23,24). The molecule has 0 atom stereocenters. The van der Waals surface area contributed by atoms with E-state index in [1.807, 2.05) is 0 Å². The van der Waals surface area contributed by atoms with Crippen LogP contribution in [0.25, 0.3) is 10.2 Å². The molecule has 3 aromatic rings. The van der Waals surface area contributed by atoms with Gasteiger partial charge in [0.25, 0.3) is 5.91 Å². The number of nitrogens with zero attached hydrogens (tertiary/aromatic N) is 2. The predicted octanol–water partition coefficient (Wildman–Crippen LogP) is 2.39. The van der Waals surface area contributed by atoms with Crippen LogP contribution in [0.5, 0.6) is 0 Å². The zero-order chi connectivity index (χ0) is 19.6. The van der Waals surface area contributed by atoms with Crippen molar-refractivity contribution in [3.63, 3.8) is 0 Å². The van der Waals surface area contributed by atoms with E-state index in [1.165, 1.54) is 23.5 Å². The molecule has 1 heterocycles. The van der Waals surface area contributed by atoms with Gasteiger partial charge in [0.05, 0.1) is 21.7 Å². The molecule has 0 bridgehead atoms. The molecule has 0 saturated carbocycles. The molecule has 1 amide bonds. The molecule has 0 spiro atoms. The number of nitrogens with two attached hydrogens (primary N) is 1. The van der Waals surface area contributed by atoms with Crippen LogP contribution in [0.3, 0.4) is 0 Å². The number of amides is 1. The summed E-state index contributed by atoms with van der Waals surface area (Å²) in [7, 11) is -2.25. The van der Waals surface area contributed by atoms with E-state index in [-0.39, 0.29) is 4.90 Å². The number of methoxy groups -OCH3 is 1. The SMILES string of the molecule is COCCn1c(=NC(=O)c2cccc(Cl)c2)sc2cc(S(N)(=O)=O)ccc21. The summed E-state index contributed by atoms with van der Waals surface area (Å²) in [6.45, 7) is 0.855. The van der Waals surface area contributed by atoms with E-state index < -0.39 is 15.9 Å². The number of aromatic nitrogens is 1. The number of carbonyl (C=O) groups is 1. The third-order valence-electron chi connectivity index (χ3n) is 3.77. The molecule has 0 saturated heterocycles. The molecule has 1 aromatic heterocycles. The predicted molar refractivity (Wildman–Crippen MR) is 104 cm³/mol. The van der Waals surface area contributed by atoms with Crippen molar-refractivity contribution >= 4 is 49.1 Å². The largest absolute Gasteiger partial charge is 0.383 e. The van der Waals surface area contributed by atoms with Gasteiger partial charge in [-0.05, 0) is 36.4 Å². The van der Waals surface area contributed by atoms with Gasteiger partial charge in [-0.15, -0.1) is 0 Å². The third kappa shape index (κ3) is 4.45. The molecule has 0 fully saturated rings. The average molecular weight is 426 g/mol. The van der Waals surface area contributed by atoms with Crippen LogP contribution in [0, 0.1) is 0 Å². The van der Waals surface area contributed by atoms with E-state index >= 15 is 0 Å². The number of hydrogen-bond donors (Lipinski definition) is 1. The van der Waals surface area contributed by atoms with Crippen LogP contribution < -0.4 is 9.94 Å². The van der Waals surface area contributed by atoms with Gasteiger partial charge in [0, 0.05) is 24.2 Å². The Morgan fingerprint density at radius 1 is 1.30 bits per heavy atom. The molecule has 0 aliphatic carbocycles. The van der Waals surface area contributed by atoms with Crippen molar-refractivity contribution in [3.8, 4) is 0 Å². The van der Waals surface area contributed by atoms with Gasteiger partial charge in [0.1, 0.15) is 0 Å². The topological polar surface area (TPSA) is 104 Å². The van der Waals surface area contributed by atoms with Crippen molar-refractivity contribution in [2.75, 3.05) is 13.7 Å². The lowest BCUT2D eigenvalue weighted by Gasteiger charge is -2.05. The zero-order valence-corrected chi connectivity index (χ0v) is 16.6. The Labute approximate surface area is 164 Å². The second-order valence-electron chi connectivity index (χ2n) is 5.63. The molecule has 10 heteroatoms. The Morgan fingerprint density at radius 2 is 2.07 bits per heavy atom. The number of benzene rings is 2. The number of hydrogen-bond acceptors (Lipinski definition) is 5. The second kappa shape index (κ2) is 7.91. The maximum absolute atomic E-state index is 12.5. The molecule has 2 N–H and O–H groups in total. The zero-order valence-electron chi connectivity index (χ0n) is 14.3. The molecule has 0 unspecified atom stereocenters. The highest BCUT2D eigenvalue weighted by molar-refractivity contribution is 7.89. The van der Waals surface area contributed by atoms with Gasteiger partial charge >= 0.3 is 0 Å². The normalized spacial score (nSPS) is 12.6. The Bertz CT molecular complexity index is 1180. The fourth-order valence-electron chi connectivity index (χ4n) is 2.49. The maximum atomic E-state index is 12.5. The highest BCUT2D eigenvalue weighted by Crippen LogP contribution is 2.21. The van der Waals surface area contributed by atoms with E-state index in [0.29, 0.717) is 33.2 Å². The molecule has 3 rings (SSSR count). The molecular weight excluding hydrogens is 410 g/mol. The van der Waals surface area contributed by atoms with Crippen LogP contribution in [-0.2, 0) is 21.3 Å². The lowest BCUT2D eigenvalue weighted by molar-refractivity contribution is 0.0997. The fourth-order valence-corrected chi connectivity index (χ4v) is 4.39. The first-order chi connectivity index (χ1) is 12.8. The number of halogens is 1. The minimum absolute atomic E-state index is 0.00265. The van der Waals surface area contributed by atoms with Crippen LogP contribution in [0.1, 0.15) is 10.4 Å². The number of sulfonamides is 1. The summed E-state index contributed by atoms with van der Waals surface area (Å²) < 4.78 is 30.8. The number of ether oxygens (including phenoxy) is 1. The number of primary sulfonamides is 1. The molecule has 0 aliphatic rings. The van der Waals surface area contributed by atoms with Crippen LogP contribution >= 0.6 is 22.9 Å². The summed E-state index contributed by atoms with van der Waals surface area (Å²) in [6, 6.07) is 11.1. The Kier molecular flexibility index (Phi) is 5.78. The average Bonchev–Trinajstić information content (AvgIpc) is 2.95. The van der Waals surface area contributed by atoms with Crippen LogP contribution in [0.4, 0.5) is 0 Å².